The SMILES string of the molecule is CC(C)(C)C[C@@H](NC[C@H]1CCS(=O)(=O)C1)c1ccc(F)cc1. The Labute approximate surface area is 133 Å². The number of benzene rings is 1. The molecule has 124 valence electrons. The predicted octanol–water partition coefficient (Wildman–Crippen LogP) is 3.33. The molecule has 2 atom stereocenters. The highest BCUT2D eigenvalue weighted by Gasteiger charge is 2.29. The Morgan fingerprint density at radius 1 is 1.27 bits per heavy atom. The van der Waals surface area contributed by atoms with Gasteiger partial charge in [0.2, 0.25) is 0 Å². The lowest BCUT2D eigenvalue weighted by Crippen LogP contribution is -2.30. The van der Waals surface area contributed by atoms with E-state index in [4.69, 9.17) is 0 Å². The molecule has 0 unspecified atom stereocenters. The van der Waals surface area contributed by atoms with E-state index in [0.717, 1.165) is 18.4 Å². The highest BCUT2D eigenvalue weighted by Crippen LogP contribution is 2.30. The zero-order valence-corrected chi connectivity index (χ0v) is 14.4. The second kappa shape index (κ2) is 6.67. The van der Waals surface area contributed by atoms with Gasteiger partial charge >= 0.3 is 0 Å². The van der Waals surface area contributed by atoms with Crippen molar-refractivity contribution in [3.63, 3.8) is 0 Å². The molecule has 0 spiro atoms. The Balaban J connectivity index is 2.03. The summed E-state index contributed by atoms with van der Waals surface area (Å²) in [4.78, 5) is 0. The fourth-order valence-corrected chi connectivity index (χ4v) is 4.82. The van der Waals surface area contributed by atoms with Gasteiger partial charge in [-0.3, -0.25) is 0 Å². The average Bonchev–Trinajstić information content (AvgIpc) is 2.74. The molecule has 0 aromatic heterocycles. The lowest BCUT2D eigenvalue weighted by molar-refractivity contribution is 0.303. The molecule has 1 fully saturated rings. The Kier molecular flexibility index (Phi) is 5.28. The molecule has 0 amide bonds. The molecule has 0 aliphatic carbocycles. The molecule has 2 rings (SSSR count). The van der Waals surface area contributed by atoms with Crippen molar-refractivity contribution in [1.82, 2.24) is 5.32 Å². The lowest BCUT2D eigenvalue weighted by atomic mass is 9.85. The Morgan fingerprint density at radius 3 is 2.41 bits per heavy atom. The molecule has 22 heavy (non-hydrogen) atoms. The monoisotopic (exact) mass is 327 g/mol. The lowest BCUT2D eigenvalue weighted by Gasteiger charge is -2.28. The molecule has 5 heteroatoms. The predicted molar refractivity (Wildman–Crippen MR) is 88.0 cm³/mol. The van der Waals surface area contributed by atoms with Crippen LogP contribution in [0, 0.1) is 17.2 Å². The minimum atomic E-state index is -2.84. The van der Waals surface area contributed by atoms with Crippen molar-refractivity contribution in [2.75, 3.05) is 18.1 Å². The number of rotatable bonds is 5. The van der Waals surface area contributed by atoms with Crippen molar-refractivity contribution in [2.45, 2.75) is 39.7 Å². The first-order chi connectivity index (χ1) is 10.1. The van der Waals surface area contributed by atoms with Crippen LogP contribution < -0.4 is 5.32 Å². The first-order valence-electron chi connectivity index (χ1n) is 7.84. The van der Waals surface area contributed by atoms with E-state index >= 15 is 0 Å². The van der Waals surface area contributed by atoms with Crippen LogP contribution in [-0.2, 0) is 9.84 Å². The van der Waals surface area contributed by atoms with Gasteiger partial charge in [-0.25, -0.2) is 12.8 Å². The smallest absolute Gasteiger partial charge is 0.150 e. The van der Waals surface area contributed by atoms with E-state index < -0.39 is 9.84 Å². The van der Waals surface area contributed by atoms with Gasteiger partial charge in [-0.1, -0.05) is 32.9 Å². The van der Waals surface area contributed by atoms with Crippen LogP contribution in [0.4, 0.5) is 4.39 Å². The third-order valence-corrected chi connectivity index (χ3v) is 5.91. The van der Waals surface area contributed by atoms with Gasteiger partial charge in [0.25, 0.3) is 0 Å². The van der Waals surface area contributed by atoms with Gasteiger partial charge in [-0.2, -0.15) is 0 Å². The maximum Gasteiger partial charge on any atom is 0.150 e. The number of hydrogen-bond acceptors (Lipinski definition) is 3. The fourth-order valence-electron chi connectivity index (χ4n) is 2.96. The summed E-state index contributed by atoms with van der Waals surface area (Å²) >= 11 is 0. The summed E-state index contributed by atoms with van der Waals surface area (Å²) in [5.74, 6) is 0.541. The van der Waals surface area contributed by atoms with Crippen molar-refractivity contribution in [2.24, 2.45) is 11.3 Å². The Bertz CT molecular complexity index is 590. The molecule has 0 saturated carbocycles. The molecule has 1 aromatic carbocycles. The van der Waals surface area contributed by atoms with Crippen LogP contribution in [0.1, 0.15) is 45.2 Å². The third kappa shape index (κ3) is 5.36. The van der Waals surface area contributed by atoms with Gasteiger partial charge < -0.3 is 5.32 Å². The Morgan fingerprint density at radius 2 is 1.91 bits per heavy atom. The summed E-state index contributed by atoms with van der Waals surface area (Å²) in [6, 6.07) is 6.69. The Hall–Kier alpha value is -0.940. The first kappa shape index (κ1) is 17.4. The topological polar surface area (TPSA) is 46.2 Å². The van der Waals surface area contributed by atoms with Gasteiger partial charge in [0, 0.05) is 6.04 Å². The highest BCUT2D eigenvalue weighted by atomic mass is 32.2. The van der Waals surface area contributed by atoms with Crippen LogP contribution >= 0.6 is 0 Å². The molecule has 1 aliphatic heterocycles. The molecule has 1 heterocycles. The van der Waals surface area contributed by atoms with Crippen molar-refractivity contribution in [3.05, 3.63) is 35.6 Å². The minimum Gasteiger partial charge on any atom is -0.310 e. The normalized spacial score (nSPS) is 22.6. The highest BCUT2D eigenvalue weighted by molar-refractivity contribution is 7.91. The molecule has 3 nitrogen and oxygen atoms in total. The van der Waals surface area contributed by atoms with Gasteiger partial charge in [0.1, 0.15) is 5.82 Å². The second-order valence-corrected chi connectivity index (χ2v) is 9.77. The maximum absolute atomic E-state index is 13.1. The zero-order chi connectivity index (χ0) is 16.4. The van der Waals surface area contributed by atoms with Crippen molar-refractivity contribution in [1.29, 1.82) is 0 Å². The van der Waals surface area contributed by atoms with E-state index in [9.17, 15) is 12.8 Å². The van der Waals surface area contributed by atoms with E-state index in [1.807, 2.05) is 12.1 Å². The van der Waals surface area contributed by atoms with Crippen molar-refractivity contribution >= 4 is 9.84 Å². The van der Waals surface area contributed by atoms with E-state index in [2.05, 4.69) is 26.1 Å². The van der Waals surface area contributed by atoms with E-state index in [-0.39, 0.29) is 28.9 Å². The molecule has 0 bridgehead atoms. The van der Waals surface area contributed by atoms with Crippen LogP contribution in [0.3, 0.4) is 0 Å². The van der Waals surface area contributed by atoms with Gasteiger partial charge in [-0.05, 0) is 48.4 Å². The van der Waals surface area contributed by atoms with Crippen molar-refractivity contribution in [3.8, 4) is 0 Å². The summed E-state index contributed by atoms with van der Waals surface area (Å²) in [5.41, 5.74) is 1.19. The summed E-state index contributed by atoms with van der Waals surface area (Å²) in [5, 5.41) is 3.50. The van der Waals surface area contributed by atoms with E-state index in [1.54, 1.807) is 0 Å². The van der Waals surface area contributed by atoms with Gasteiger partial charge in [0.05, 0.1) is 11.5 Å². The van der Waals surface area contributed by atoms with Gasteiger partial charge in [-0.15, -0.1) is 0 Å². The van der Waals surface area contributed by atoms with E-state index in [1.165, 1.54) is 12.1 Å². The number of halogens is 1. The fraction of sp³-hybridized carbons (Fsp3) is 0.647. The third-order valence-electron chi connectivity index (χ3n) is 4.07. The largest absolute Gasteiger partial charge is 0.310 e. The molecule has 1 N–H and O–H groups in total. The molecule has 1 saturated heterocycles. The quantitative estimate of drug-likeness (QED) is 0.902. The zero-order valence-electron chi connectivity index (χ0n) is 13.6. The number of hydrogen-bond donors (Lipinski definition) is 1. The molecule has 0 radical (unpaired) electrons. The van der Waals surface area contributed by atoms with Crippen LogP contribution in [0.5, 0.6) is 0 Å². The summed E-state index contributed by atoms with van der Waals surface area (Å²) in [6.45, 7) is 7.21. The average molecular weight is 327 g/mol. The summed E-state index contributed by atoms with van der Waals surface area (Å²) in [6.07, 6.45) is 1.65. The number of sulfone groups is 1. The molecule has 1 aromatic rings. The summed E-state index contributed by atoms with van der Waals surface area (Å²) < 4.78 is 36.2. The van der Waals surface area contributed by atoms with Crippen LogP contribution in [-0.4, -0.2) is 26.5 Å². The van der Waals surface area contributed by atoms with Crippen molar-refractivity contribution < 1.29 is 12.8 Å². The number of nitrogens with one attached hydrogen (secondary N) is 1. The minimum absolute atomic E-state index is 0.115. The maximum atomic E-state index is 13.1. The molecule has 1 aliphatic rings. The molecular weight excluding hydrogens is 301 g/mol. The van der Waals surface area contributed by atoms with E-state index in [0.29, 0.717) is 12.3 Å². The summed E-state index contributed by atoms with van der Waals surface area (Å²) in [7, 11) is -2.84. The van der Waals surface area contributed by atoms with Crippen LogP contribution in [0.15, 0.2) is 24.3 Å². The van der Waals surface area contributed by atoms with Gasteiger partial charge in [0.15, 0.2) is 9.84 Å². The van der Waals surface area contributed by atoms with Crippen LogP contribution in [0.25, 0.3) is 0 Å². The standard InChI is InChI=1S/C17H26FNO2S/c1-17(2,3)10-16(14-4-6-15(18)7-5-14)19-11-13-8-9-22(20,21)12-13/h4-7,13,16,19H,8-12H2,1-3H3/t13-,16-/m1/s1. The molecular formula is C17H26FNO2S. The van der Waals surface area contributed by atoms with Crippen LogP contribution in [0.2, 0.25) is 0 Å². The second-order valence-electron chi connectivity index (χ2n) is 7.55. The first-order valence-corrected chi connectivity index (χ1v) is 9.66.